The Bertz CT molecular complexity index is 739. The summed E-state index contributed by atoms with van der Waals surface area (Å²) in [7, 11) is 0. The molecule has 2 N–H and O–H groups in total. The zero-order chi connectivity index (χ0) is 14.1. The van der Waals surface area contributed by atoms with Crippen molar-refractivity contribution < 1.29 is 9.59 Å². The molecular weight excluding hydrogens is 292 g/mol. The first-order valence-corrected chi connectivity index (χ1v) is 7.26. The zero-order valence-electron chi connectivity index (χ0n) is 10.3. The maximum atomic E-state index is 11.7. The first-order chi connectivity index (χ1) is 9.65. The summed E-state index contributed by atoms with van der Waals surface area (Å²) in [5.41, 5.74) is 1.21. The third-order valence-corrected chi connectivity index (χ3v) is 4.25. The van der Waals surface area contributed by atoms with Gasteiger partial charge in [-0.15, -0.1) is 11.3 Å². The summed E-state index contributed by atoms with van der Waals surface area (Å²) in [6.45, 7) is 0. The molecule has 1 aliphatic rings. The number of hydrogen-bond donors (Lipinski definition) is 2. The number of nitrogens with one attached hydrogen (secondary N) is 2. The number of rotatable bonds is 2. The van der Waals surface area contributed by atoms with E-state index in [4.69, 9.17) is 12.2 Å². The Kier molecular flexibility index (Phi) is 3.33. The zero-order valence-corrected chi connectivity index (χ0v) is 11.9. The van der Waals surface area contributed by atoms with Gasteiger partial charge >= 0.3 is 0 Å². The fourth-order valence-corrected chi connectivity index (χ4v) is 3.22. The molecule has 2 amide bonds. The maximum absolute atomic E-state index is 11.7. The molecule has 2 aromatic rings. The molecule has 1 fully saturated rings. The van der Waals surface area contributed by atoms with Crippen LogP contribution in [-0.4, -0.2) is 16.9 Å². The molecule has 6 heteroatoms. The summed E-state index contributed by atoms with van der Waals surface area (Å²) in [6, 6.07) is 8.05. The standard InChI is InChI=1S/C14H10N2O2S2/c17-12-10(13(18)16-14(19)15-12)6-5-8-7-20-11-4-2-1-3-9(8)11/h1-4,6-7H,5H2,(H2,15,16,17,18,19). The van der Waals surface area contributed by atoms with E-state index in [1.807, 2.05) is 23.6 Å². The summed E-state index contributed by atoms with van der Waals surface area (Å²) < 4.78 is 1.19. The lowest BCUT2D eigenvalue weighted by Crippen LogP contribution is -2.51. The Hall–Kier alpha value is -2.05. The highest BCUT2D eigenvalue weighted by Gasteiger charge is 2.25. The number of carbonyl (C=O) groups excluding carboxylic acids is 2. The van der Waals surface area contributed by atoms with Crippen LogP contribution in [0.5, 0.6) is 0 Å². The molecule has 2 heterocycles. The van der Waals surface area contributed by atoms with Crippen LogP contribution in [0.4, 0.5) is 0 Å². The Labute approximate surface area is 124 Å². The van der Waals surface area contributed by atoms with Crippen LogP contribution in [0.1, 0.15) is 5.56 Å². The van der Waals surface area contributed by atoms with Crippen molar-refractivity contribution in [2.24, 2.45) is 0 Å². The minimum atomic E-state index is -0.446. The Morgan fingerprint density at radius 3 is 2.60 bits per heavy atom. The summed E-state index contributed by atoms with van der Waals surface area (Å²) >= 11 is 6.40. The average molecular weight is 302 g/mol. The third-order valence-electron chi connectivity index (χ3n) is 3.03. The van der Waals surface area contributed by atoms with Crippen molar-refractivity contribution in [1.82, 2.24) is 10.6 Å². The molecule has 0 bridgehead atoms. The lowest BCUT2D eigenvalue weighted by atomic mass is 10.1. The number of allylic oxidation sites excluding steroid dienone is 1. The molecule has 1 aliphatic heterocycles. The number of carbonyl (C=O) groups is 2. The van der Waals surface area contributed by atoms with Gasteiger partial charge in [-0.3, -0.25) is 20.2 Å². The first-order valence-electron chi connectivity index (χ1n) is 5.97. The van der Waals surface area contributed by atoms with Crippen LogP contribution in [0.15, 0.2) is 41.3 Å². The third kappa shape index (κ3) is 2.35. The number of thiocarbonyl (C=S) groups is 1. The van der Waals surface area contributed by atoms with Crippen LogP contribution in [0.2, 0.25) is 0 Å². The molecule has 1 aromatic heterocycles. The molecular formula is C14H10N2O2S2. The van der Waals surface area contributed by atoms with Gasteiger partial charge in [-0.1, -0.05) is 24.3 Å². The molecule has 0 atom stereocenters. The van der Waals surface area contributed by atoms with Gasteiger partial charge in [-0.25, -0.2) is 0 Å². The van der Waals surface area contributed by atoms with Gasteiger partial charge in [0, 0.05) is 4.70 Å². The van der Waals surface area contributed by atoms with Gasteiger partial charge in [0.2, 0.25) is 0 Å². The molecule has 4 nitrogen and oxygen atoms in total. The van der Waals surface area contributed by atoms with Crippen molar-refractivity contribution in [3.63, 3.8) is 0 Å². The van der Waals surface area contributed by atoms with E-state index in [-0.39, 0.29) is 10.7 Å². The quantitative estimate of drug-likeness (QED) is 0.506. The second-order valence-corrected chi connectivity index (χ2v) is 5.64. The van der Waals surface area contributed by atoms with Crippen LogP contribution < -0.4 is 10.6 Å². The van der Waals surface area contributed by atoms with Gasteiger partial charge in [0.15, 0.2) is 5.11 Å². The molecule has 0 saturated carbocycles. The van der Waals surface area contributed by atoms with Crippen molar-refractivity contribution in [3.05, 3.63) is 46.9 Å². The van der Waals surface area contributed by atoms with Gasteiger partial charge < -0.3 is 0 Å². The molecule has 0 aliphatic carbocycles. The monoisotopic (exact) mass is 302 g/mol. The Morgan fingerprint density at radius 2 is 1.85 bits per heavy atom. The lowest BCUT2D eigenvalue weighted by molar-refractivity contribution is -0.123. The largest absolute Gasteiger partial charge is 0.299 e. The van der Waals surface area contributed by atoms with Crippen molar-refractivity contribution >= 4 is 50.6 Å². The molecule has 0 spiro atoms. The van der Waals surface area contributed by atoms with Crippen molar-refractivity contribution in [2.75, 3.05) is 0 Å². The fourth-order valence-electron chi connectivity index (χ4n) is 2.06. The number of amides is 2. The lowest BCUT2D eigenvalue weighted by Gasteiger charge is -2.16. The second-order valence-electron chi connectivity index (χ2n) is 4.32. The van der Waals surface area contributed by atoms with Crippen molar-refractivity contribution in [3.8, 4) is 0 Å². The van der Waals surface area contributed by atoms with Crippen LogP contribution in [0, 0.1) is 0 Å². The van der Waals surface area contributed by atoms with E-state index >= 15 is 0 Å². The van der Waals surface area contributed by atoms with Gasteiger partial charge in [-0.2, -0.15) is 0 Å². The van der Waals surface area contributed by atoms with E-state index in [1.165, 1.54) is 4.70 Å². The molecule has 1 saturated heterocycles. The van der Waals surface area contributed by atoms with Crippen molar-refractivity contribution in [1.29, 1.82) is 0 Å². The van der Waals surface area contributed by atoms with Gasteiger partial charge in [0.1, 0.15) is 5.57 Å². The van der Waals surface area contributed by atoms with Gasteiger partial charge in [0.05, 0.1) is 0 Å². The van der Waals surface area contributed by atoms with Crippen LogP contribution in [0.25, 0.3) is 10.1 Å². The summed E-state index contributed by atoms with van der Waals surface area (Å²) in [6.07, 6.45) is 2.17. The molecule has 3 rings (SSSR count). The number of hydrogen-bond acceptors (Lipinski definition) is 4. The van der Waals surface area contributed by atoms with Gasteiger partial charge in [-0.05, 0) is 41.0 Å². The van der Waals surface area contributed by atoms with Crippen LogP contribution >= 0.6 is 23.6 Å². The predicted octanol–water partition coefficient (Wildman–Crippen LogP) is 1.90. The maximum Gasteiger partial charge on any atom is 0.262 e. The van der Waals surface area contributed by atoms with E-state index in [9.17, 15) is 9.59 Å². The van der Waals surface area contributed by atoms with Crippen molar-refractivity contribution in [2.45, 2.75) is 6.42 Å². The molecule has 20 heavy (non-hydrogen) atoms. The molecule has 0 radical (unpaired) electrons. The SMILES string of the molecule is O=C1NC(=S)NC(=O)C1=CCc1csc2ccccc12. The Morgan fingerprint density at radius 1 is 1.15 bits per heavy atom. The predicted molar refractivity (Wildman–Crippen MR) is 82.5 cm³/mol. The van der Waals surface area contributed by atoms with Crippen LogP contribution in [-0.2, 0) is 16.0 Å². The van der Waals surface area contributed by atoms with Gasteiger partial charge in [0.25, 0.3) is 11.8 Å². The highest BCUT2D eigenvalue weighted by molar-refractivity contribution is 7.80. The smallest absolute Gasteiger partial charge is 0.262 e. The molecule has 1 aromatic carbocycles. The fraction of sp³-hybridized carbons (Fsp3) is 0.0714. The summed E-state index contributed by atoms with van der Waals surface area (Å²) in [5, 5.41) is 8.10. The number of thiophene rings is 1. The topological polar surface area (TPSA) is 58.2 Å². The average Bonchev–Trinajstić information content (AvgIpc) is 2.81. The normalized spacial score (nSPS) is 15.2. The number of fused-ring (bicyclic) bond motifs is 1. The van der Waals surface area contributed by atoms with Crippen LogP contribution in [0.3, 0.4) is 0 Å². The second kappa shape index (κ2) is 5.15. The summed E-state index contributed by atoms with van der Waals surface area (Å²) in [5.74, 6) is -0.892. The minimum absolute atomic E-state index is 0.0538. The Balaban J connectivity index is 1.88. The van der Waals surface area contributed by atoms with E-state index in [1.54, 1.807) is 17.4 Å². The van der Waals surface area contributed by atoms with E-state index < -0.39 is 11.8 Å². The summed E-state index contributed by atoms with van der Waals surface area (Å²) in [4.78, 5) is 23.4. The first kappa shape index (κ1) is 13.0. The molecule has 100 valence electrons. The highest BCUT2D eigenvalue weighted by Crippen LogP contribution is 2.26. The minimum Gasteiger partial charge on any atom is -0.299 e. The number of benzene rings is 1. The van der Waals surface area contributed by atoms with E-state index in [0.717, 1.165) is 10.9 Å². The van der Waals surface area contributed by atoms with E-state index in [0.29, 0.717) is 6.42 Å². The molecule has 0 unspecified atom stereocenters. The van der Waals surface area contributed by atoms with E-state index in [2.05, 4.69) is 16.7 Å². The highest BCUT2D eigenvalue weighted by atomic mass is 32.1.